The largest absolute Gasteiger partial charge is 0.378 e. The molecule has 0 unspecified atom stereocenters. The molecular formula is C25H25BrN4S2. The van der Waals surface area contributed by atoms with Crippen LogP contribution in [-0.4, -0.2) is 21.8 Å². The highest BCUT2D eigenvalue weighted by Gasteiger charge is 2.03. The van der Waals surface area contributed by atoms with Crippen LogP contribution in [0.5, 0.6) is 0 Å². The van der Waals surface area contributed by atoms with E-state index < -0.39 is 0 Å². The molecule has 0 aliphatic heterocycles. The van der Waals surface area contributed by atoms with Gasteiger partial charge in [-0.25, -0.2) is 9.98 Å². The predicted octanol–water partition coefficient (Wildman–Crippen LogP) is 7.02. The first kappa shape index (κ1) is 24.2. The molecule has 0 saturated carbocycles. The Balaban J connectivity index is 0.00000289. The third kappa shape index (κ3) is 6.28. The SMILES string of the molecule is Br.NC(=Nc1cccc2ccccc12)SCCCSC(N)=Nc1cccc2ccccc12. The normalized spacial score (nSPS) is 12.1. The van der Waals surface area contributed by atoms with Crippen LogP contribution in [0.1, 0.15) is 6.42 Å². The number of thioether (sulfide) groups is 2. The molecule has 0 aliphatic rings. The molecule has 4 aromatic rings. The number of amidine groups is 2. The first-order valence-corrected chi connectivity index (χ1v) is 12.1. The minimum absolute atomic E-state index is 0. The van der Waals surface area contributed by atoms with Gasteiger partial charge in [-0.1, -0.05) is 96.3 Å². The van der Waals surface area contributed by atoms with E-state index in [9.17, 15) is 0 Å². The van der Waals surface area contributed by atoms with E-state index in [1.165, 1.54) is 10.8 Å². The molecule has 0 radical (unpaired) electrons. The number of rotatable bonds is 6. The van der Waals surface area contributed by atoms with E-state index in [4.69, 9.17) is 11.5 Å². The topological polar surface area (TPSA) is 76.8 Å². The number of hydrogen-bond acceptors (Lipinski definition) is 4. The molecule has 0 fully saturated rings. The van der Waals surface area contributed by atoms with Gasteiger partial charge in [0.15, 0.2) is 10.3 Å². The minimum Gasteiger partial charge on any atom is -0.378 e. The maximum atomic E-state index is 6.15. The monoisotopic (exact) mass is 524 g/mol. The zero-order valence-electron chi connectivity index (χ0n) is 17.5. The molecule has 164 valence electrons. The minimum atomic E-state index is 0. The summed E-state index contributed by atoms with van der Waals surface area (Å²) in [4.78, 5) is 9.21. The van der Waals surface area contributed by atoms with E-state index in [1.807, 2.05) is 48.5 Å². The van der Waals surface area contributed by atoms with Crippen LogP contribution in [0.15, 0.2) is 94.9 Å². The molecule has 4 N–H and O–H groups in total. The highest BCUT2D eigenvalue weighted by Crippen LogP contribution is 2.27. The summed E-state index contributed by atoms with van der Waals surface area (Å²) < 4.78 is 0. The van der Waals surface area contributed by atoms with Crippen molar-refractivity contribution in [2.45, 2.75) is 6.42 Å². The van der Waals surface area contributed by atoms with Gasteiger partial charge in [-0.05, 0) is 29.3 Å². The van der Waals surface area contributed by atoms with Gasteiger partial charge < -0.3 is 11.5 Å². The second-order valence-corrected chi connectivity index (χ2v) is 9.18. The fourth-order valence-corrected chi connectivity index (χ4v) is 4.83. The fraction of sp³-hybridized carbons (Fsp3) is 0.120. The van der Waals surface area contributed by atoms with Crippen molar-refractivity contribution in [1.29, 1.82) is 0 Å². The number of nitrogens with zero attached hydrogens (tertiary/aromatic N) is 2. The number of nitrogens with two attached hydrogens (primary N) is 2. The summed E-state index contributed by atoms with van der Waals surface area (Å²) in [6, 6.07) is 28.6. The predicted molar refractivity (Wildman–Crippen MR) is 150 cm³/mol. The van der Waals surface area contributed by atoms with Crippen molar-refractivity contribution >= 4 is 83.8 Å². The lowest BCUT2D eigenvalue weighted by molar-refractivity contribution is 1.13. The third-order valence-electron chi connectivity index (χ3n) is 4.78. The van der Waals surface area contributed by atoms with Crippen molar-refractivity contribution in [3.8, 4) is 0 Å². The molecule has 7 heteroatoms. The lowest BCUT2D eigenvalue weighted by Crippen LogP contribution is -2.09. The molecule has 4 nitrogen and oxygen atoms in total. The van der Waals surface area contributed by atoms with E-state index in [-0.39, 0.29) is 17.0 Å². The van der Waals surface area contributed by atoms with Gasteiger partial charge in [0.1, 0.15) is 0 Å². The lowest BCUT2D eigenvalue weighted by atomic mass is 10.1. The van der Waals surface area contributed by atoms with Crippen LogP contribution in [0.2, 0.25) is 0 Å². The standard InChI is InChI=1S/C25H24N4S2.BrH/c26-24(28-22-14-5-10-18-8-1-3-12-20(18)22)30-16-7-17-31-25(27)29-23-15-6-11-19-9-2-4-13-21(19)23;/h1-6,8-15H,7,16-17H2,(H2,26,28)(H2,27,29);1H. The van der Waals surface area contributed by atoms with Crippen LogP contribution >= 0.6 is 40.5 Å². The molecule has 0 saturated heterocycles. The molecule has 0 amide bonds. The van der Waals surface area contributed by atoms with Gasteiger partial charge in [0.05, 0.1) is 11.4 Å². The summed E-state index contributed by atoms with van der Waals surface area (Å²) in [5.74, 6) is 1.77. The molecule has 0 atom stereocenters. The number of hydrogen-bond donors (Lipinski definition) is 2. The van der Waals surface area contributed by atoms with Crippen LogP contribution < -0.4 is 11.5 Å². The summed E-state index contributed by atoms with van der Waals surface area (Å²) in [6.07, 6.45) is 0.965. The Kier molecular flexibility index (Phi) is 9.02. The smallest absolute Gasteiger partial charge is 0.159 e. The zero-order valence-corrected chi connectivity index (χ0v) is 20.8. The molecule has 0 spiro atoms. The second-order valence-electron chi connectivity index (χ2n) is 6.95. The van der Waals surface area contributed by atoms with Crippen molar-refractivity contribution in [2.24, 2.45) is 21.5 Å². The van der Waals surface area contributed by atoms with E-state index in [0.717, 1.165) is 40.1 Å². The molecule has 0 bridgehead atoms. The van der Waals surface area contributed by atoms with Crippen molar-refractivity contribution in [1.82, 2.24) is 0 Å². The Labute approximate surface area is 207 Å². The van der Waals surface area contributed by atoms with Gasteiger partial charge >= 0.3 is 0 Å². The van der Waals surface area contributed by atoms with E-state index in [1.54, 1.807) is 23.5 Å². The summed E-state index contributed by atoms with van der Waals surface area (Å²) in [6.45, 7) is 0. The Morgan fingerprint density at radius 2 is 1.00 bits per heavy atom. The fourth-order valence-electron chi connectivity index (χ4n) is 3.33. The van der Waals surface area contributed by atoms with Crippen LogP contribution in [0.4, 0.5) is 11.4 Å². The van der Waals surface area contributed by atoms with Gasteiger partial charge in [0, 0.05) is 22.3 Å². The zero-order chi connectivity index (χ0) is 21.5. The van der Waals surface area contributed by atoms with Crippen LogP contribution in [0, 0.1) is 0 Å². The molecule has 32 heavy (non-hydrogen) atoms. The first-order chi connectivity index (χ1) is 15.2. The molecular weight excluding hydrogens is 500 g/mol. The van der Waals surface area contributed by atoms with Crippen molar-refractivity contribution in [3.63, 3.8) is 0 Å². The molecule has 0 heterocycles. The first-order valence-electron chi connectivity index (χ1n) is 10.1. The van der Waals surface area contributed by atoms with Gasteiger partial charge in [0.25, 0.3) is 0 Å². The number of halogens is 1. The number of benzene rings is 4. The Morgan fingerprint density at radius 1 is 0.594 bits per heavy atom. The quantitative estimate of drug-likeness (QED) is 0.161. The lowest BCUT2D eigenvalue weighted by Gasteiger charge is -2.05. The summed E-state index contributed by atoms with van der Waals surface area (Å²) in [5, 5.41) is 5.72. The third-order valence-corrected chi connectivity index (χ3v) is 6.54. The van der Waals surface area contributed by atoms with Crippen molar-refractivity contribution < 1.29 is 0 Å². The number of fused-ring (bicyclic) bond motifs is 2. The Bertz CT molecular complexity index is 1150. The van der Waals surface area contributed by atoms with Gasteiger partial charge in [-0.15, -0.1) is 17.0 Å². The van der Waals surface area contributed by atoms with Crippen molar-refractivity contribution in [3.05, 3.63) is 84.9 Å². The molecule has 0 aliphatic carbocycles. The second kappa shape index (κ2) is 11.9. The van der Waals surface area contributed by atoms with E-state index in [0.29, 0.717) is 10.3 Å². The maximum absolute atomic E-state index is 6.15. The molecule has 4 aromatic carbocycles. The average molecular weight is 526 g/mol. The van der Waals surface area contributed by atoms with Crippen molar-refractivity contribution in [2.75, 3.05) is 11.5 Å². The van der Waals surface area contributed by atoms with Crippen LogP contribution in [0.25, 0.3) is 21.5 Å². The highest BCUT2D eigenvalue weighted by atomic mass is 79.9. The average Bonchev–Trinajstić information content (AvgIpc) is 2.79. The summed E-state index contributed by atoms with van der Waals surface area (Å²) >= 11 is 3.14. The highest BCUT2D eigenvalue weighted by molar-refractivity contribution is 8.93. The number of aliphatic imine (C=N–C) groups is 2. The van der Waals surface area contributed by atoms with Gasteiger partial charge in [-0.3, -0.25) is 0 Å². The summed E-state index contributed by atoms with van der Waals surface area (Å²) in [7, 11) is 0. The molecule has 4 rings (SSSR count). The van der Waals surface area contributed by atoms with E-state index >= 15 is 0 Å². The summed E-state index contributed by atoms with van der Waals surface area (Å²) in [5.41, 5.74) is 14.1. The van der Waals surface area contributed by atoms with Gasteiger partial charge in [0.2, 0.25) is 0 Å². The van der Waals surface area contributed by atoms with Crippen LogP contribution in [-0.2, 0) is 0 Å². The Morgan fingerprint density at radius 3 is 1.47 bits per heavy atom. The van der Waals surface area contributed by atoms with Crippen LogP contribution in [0.3, 0.4) is 0 Å². The molecule has 0 aromatic heterocycles. The Hall–Kier alpha value is -2.48. The van der Waals surface area contributed by atoms with Gasteiger partial charge in [-0.2, -0.15) is 0 Å². The van der Waals surface area contributed by atoms with E-state index in [2.05, 4.69) is 46.4 Å². The maximum Gasteiger partial charge on any atom is 0.159 e.